The van der Waals surface area contributed by atoms with E-state index in [4.69, 9.17) is 56.2 Å². The average molecular weight is 771 g/mol. The van der Waals surface area contributed by atoms with Gasteiger partial charge in [0.1, 0.15) is 0 Å². The van der Waals surface area contributed by atoms with Gasteiger partial charge < -0.3 is 56.2 Å². The summed E-state index contributed by atoms with van der Waals surface area (Å²) in [5, 5.41) is 96.9. The van der Waals surface area contributed by atoms with Crippen molar-refractivity contribution in [1.29, 1.82) is 0 Å². The van der Waals surface area contributed by atoms with Gasteiger partial charge in [0.15, 0.2) is 0 Å². The summed E-state index contributed by atoms with van der Waals surface area (Å²) in [5.74, 6) is 0. The van der Waals surface area contributed by atoms with Crippen molar-refractivity contribution in [2.75, 3.05) is 72.7 Å². The summed E-state index contributed by atoms with van der Waals surface area (Å²) in [6.07, 6.45) is 0. The number of hydrogen-bond donors (Lipinski definition) is 1. The second-order valence-corrected chi connectivity index (χ2v) is 3.20. The molecule has 0 rings (SSSR count). The topological polar surface area (TPSA) is 251 Å². The van der Waals surface area contributed by atoms with Crippen LogP contribution in [0.1, 0.15) is 76.2 Å². The molecule has 0 aliphatic rings. The maximum atomic E-state index is 8.93. The molecule has 0 spiro atoms. The average Bonchev–Trinajstić information content (AvgIpc) is 2.68. The molecule has 0 unspecified atom stereocenters. The Morgan fingerprint density at radius 2 is 0.314 bits per heavy atom. The molecule has 0 aliphatic heterocycles. The third-order valence-electron chi connectivity index (χ3n) is 0. The minimum absolute atomic E-state index is 0. The van der Waals surface area contributed by atoms with Crippen LogP contribution in [0.4, 0.5) is 0 Å². The van der Waals surface area contributed by atoms with E-state index in [0.717, 1.165) is 0 Å². The van der Waals surface area contributed by atoms with E-state index in [1.807, 2.05) is 0 Å². The summed E-state index contributed by atoms with van der Waals surface area (Å²) in [6, 6.07) is 0. The van der Waals surface area contributed by atoms with Gasteiger partial charge >= 0.3 is 44.8 Å². The summed E-state index contributed by atoms with van der Waals surface area (Å²) in [4.78, 5) is 0. The van der Waals surface area contributed by atoms with Crippen molar-refractivity contribution in [3.8, 4) is 0 Å². The Morgan fingerprint density at radius 1 is 0.314 bits per heavy atom. The van der Waals surface area contributed by atoms with E-state index in [9.17, 15) is 0 Å². The maximum absolute atomic E-state index is 8.93. The van der Waals surface area contributed by atoms with Crippen molar-refractivity contribution in [3.05, 3.63) is 0 Å². The number of rotatable bonds is 0. The van der Waals surface area contributed by atoms with Crippen LogP contribution in [-0.2, 0) is 44.8 Å². The SMILES string of the molecule is CCO.CC[O-].CC[O-].CC[O-].CC[O-].CC[O-].CC[O-].CC[O-].CC[O-].CC[O-].CC[O-].[Nb+5].[Ta+5]. The predicted octanol–water partition coefficient (Wildman–Crippen LogP) is -6.34. The van der Waals surface area contributed by atoms with Crippen LogP contribution in [0, 0.1) is 0 Å². The first kappa shape index (κ1) is 83.4. The Kier molecular flexibility index (Phi) is 667. The molecule has 0 saturated heterocycles. The molecule has 0 bridgehead atoms. The van der Waals surface area contributed by atoms with Gasteiger partial charge in [0, 0.05) is 6.61 Å². The summed E-state index contributed by atoms with van der Waals surface area (Å²) >= 11 is 0. The van der Waals surface area contributed by atoms with Gasteiger partial charge in [-0.15, -0.1) is 66.1 Å². The fourth-order valence-electron chi connectivity index (χ4n) is 0. The van der Waals surface area contributed by atoms with Crippen molar-refractivity contribution >= 4 is 0 Å². The smallest absolute Gasteiger partial charge is 0.855 e. The molecule has 0 fully saturated rings. The molecule has 220 valence electrons. The van der Waals surface area contributed by atoms with Crippen LogP contribution < -0.4 is 51.1 Å². The zero-order valence-electron chi connectivity index (χ0n) is 24.2. The van der Waals surface area contributed by atoms with E-state index in [2.05, 4.69) is 0 Å². The summed E-state index contributed by atoms with van der Waals surface area (Å²) < 4.78 is 0. The van der Waals surface area contributed by atoms with Crippen molar-refractivity contribution in [2.24, 2.45) is 0 Å². The Morgan fingerprint density at radius 3 is 0.314 bits per heavy atom. The zero-order chi connectivity index (χ0) is 29.8. The monoisotopic (exact) mass is 770 g/mol. The molecule has 0 aromatic carbocycles. The molecule has 35 heavy (non-hydrogen) atoms. The normalized spacial score (nSPS) is 5.66. The number of aliphatic hydroxyl groups is 1. The Labute approximate surface area is 248 Å². The largest absolute Gasteiger partial charge is 5.00 e. The Bertz CT molecular complexity index is 81.4. The Balaban J connectivity index is -0.0000000137. The van der Waals surface area contributed by atoms with Crippen molar-refractivity contribution in [3.63, 3.8) is 0 Å². The number of aliphatic hydroxyl groups excluding tert-OH is 1. The van der Waals surface area contributed by atoms with Crippen LogP contribution in [-0.4, -0.2) is 77.8 Å². The second-order valence-electron chi connectivity index (χ2n) is 3.20. The van der Waals surface area contributed by atoms with Gasteiger partial charge in [-0.2, -0.15) is 0 Å². The first-order valence-electron chi connectivity index (χ1n) is 11.0. The van der Waals surface area contributed by atoms with E-state index in [0.29, 0.717) is 0 Å². The third-order valence-corrected chi connectivity index (χ3v) is 0. The van der Waals surface area contributed by atoms with E-state index in [1.54, 1.807) is 76.2 Å². The van der Waals surface area contributed by atoms with Gasteiger partial charge in [0.05, 0.1) is 0 Å². The van der Waals surface area contributed by atoms with E-state index in [1.165, 1.54) is 0 Å². The van der Waals surface area contributed by atoms with Crippen molar-refractivity contribution < 1.29 is 101 Å². The molecule has 0 heterocycles. The molecule has 13 heteroatoms. The molecule has 11 nitrogen and oxygen atoms in total. The molecule has 0 aliphatic carbocycles. The Hall–Kier alpha value is 1.04. The predicted molar refractivity (Wildman–Crippen MR) is 118 cm³/mol. The van der Waals surface area contributed by atoms with Crippen molar-refractivity contribution in [2.45, 2.75) is 76.2 Å². The first-order chi connectivity index (χ1) is 15.6. The van der Waals surface area contributed by atoms with Crippen LogP contribution in [0.2, 0.25) is 0 Å². The van der Waals surface area contributed by atoms with Crippen LogP contribution >= 0.6 is 0 Å². The molecule has 0 amide bonds. The molecule has 1 N–H and O–H groups in total. The van der Waals surface area contributed by atoms with Crippen LogP contribution in [0.3, 0.4) is 0 Å². The summed E-state index contributed by atoms with van der Waals surface area (Å²) in [6.45, 7) is 17.6. The summed E-state index contributed by atoms with van der Waals surface area (Å²) in [5.41, 5.74) is 0. The van der Waals surface area contributed by atoms with Crippen LogP contribution in [0.25, 0.3) is 0 Å². The molecule has 0 saturated carbocycles. The molecule has 0 aromatic heterocycles. The van der Waals surface area contributed by atoms with Gasteiger partial charge in [0.2, 0.25) is 0 Å². The molecular formula is C22H56NbO11Ta. The molecule has 0 radical (unpaired) electrons. The first-order valence-corrected chi connectivity index (χ1v) is 11.0. The fourth-order valence-corrected chi connectivity index (χ4v) is 0. The minimum atomic E-state index is 0. The molecule has 0 aromatic rings. The van der Waals surface area contributed by atoms with E-state index >= 15 is 0 Å². The van der Waals surface area contributed by atoms with Gasteiger partial charge in [-0.3, -0.25) is 0 Å². The van der Waals surface area contributed by atoms with Crippen molar-refractivity contribution in [1.82, 2.24) is 0 Å². The second kappa shape index (κ2) is 280. The van der Waals surface area contributed by atoms with Gasteiger partial charge in [-0.1, -0.05) is 69.2 Å². The summed E-state index contributed by atoms with van der Waals surface area (Å²) in [7, 11) is 0. The third kappa shape index (κ3) is 35300. The van der Waals surface area contributed by atoms with Crippen LogP contribution in [0.15, 0.2) is 0 Å². The quantitative estimate of drug-likeness (QED) is 0.227. The van der Waals surface area contributed by atoms with Gasteiger partial charge in [0.25, 0.3) is 0 Å². The molecular weight excluding hydrogens is 714 g/mol. The maximum Gasteiger partial charge on any atom is 5.00 e. The zero-order valence-corrected chi connectivity index (χ0v) is 29.6. The van der Waals surface area contributed by atoms with Gasteiger partial charge in [-0.05, 0) is 6.92 Å². The van der Waals surface area contributed by atoms with Gasteiger partial charge in [-0.25, -0.2) is 0 Å². The number of hydrogen-bond acceptors (Lipinski definition) is 11. The standard InChI is InChI=1S/C2H6O.10C2H5O.Nb.Ta/c11*1-2-3;;/h3H,2H2,1H3;10*2H2,1H3;;/q;10*-1;2*+5. The van der Waals surface area contributed by atoms with Crippen LogP contribution in [0.5, 0.6) is 0 Å². The molecule has 0 atom stereocenters. The fraction of sp³-hybridized carbons (Fsp3) is 1.00. The minimum Gasteiger partial charge on any atom is -0.855 e. The van der Waals surface area contributed by atoms with E-state index in [-0.39, 0.29) is 117 Å². The van der Waals surface area contributed by atoms with E-state index < -0.39 is 0 Å².